The fourth-order valence-corrected chi connectivity index (χ4v) is 2.86. The Morgan fingerprint density at radius 1 is 1.12 bits per heavy atom. The smallest absolute Gasteiger partial charge is 0.277 e. The fourth-order valence-electron chi connectivity index (χ4n) is 2.68. The molecule has 0 amide bonds. The van der Waals surface area contributed by atoms with Crippen molar-refractivity contribution < 1.29 is 14.5 Å². The summed E-state index contributed by atoms with van der Waals surface area (Å²) in [5.74, 6) is -0.852. The van der Waals surface area contributed by atoms with E-state index in [0.29, 0.717) is 10.7 Å². The zero-order chi connectivity index (χ0) is 18.1. The minimum Gasteiger partial charge on any atom is -0.352 e. The van der Waals surface area contributed by atoms with Crippen LogP contribution in [0.15, 0.2) is 48.2 Å². The predicted molar refractivity (Wildman–Crippen MR) is 94.5 cm³/mol. The van der Waals surface area contributed by atoms with Crippen LogP contribution in [0.4, 0.5) is 11.4 Å². The van der Waals surface area contributed by atoms with E-state index in [4.69, 9.17) is 11.6 Å². The number of aryl methyl sites for hydroxylation is 1. The minimum atomic E-state index is -0.571. The van der Waals surface area contributed by atoms with E-state index in [-0.39, 0.29) is 28.9 Å². The topological polar surface area (TPSA) is 89.3 Å². The molecule has 126 valence electrons. The lowest BCUT2D eigenvalue weighted by molar-refractivity contribution is -0.385. The maximum Gasteiger partial charge on any atom is 0.277 e. The van der Waals surface area contributed by atoms with Crippen molar-refractivity contribution in [2.45, 2.75) is 13.3 Å². The van der Waals surface area contributed by atoms with Crippen LogP contribution in [-0.2, 0) is 9.59 Å². The molecule has 0 aliphatic heterocycles. The monoisotopic (exact) mass is 356 g/mol. The Morgan fingerprint density at radius 2 is 1.84 bits per heavy atom. The summed E-state index contributed by atoms with van der Waals surface area (Å²) < 4.78 is 0. The summed E-state index contributed by atoms with van der Waals surface area (Å²) in [5, 5.41) is 14.7. The molecule has 1 aliphatic rings. The summed E-state index contributed by atoms with van der Waals surface area (Å²) in [4.78, 5) is 35.3. The van der Waals surface area contributed by atoms with Crippen molar-refractivity contribution in [3.05, 3.63) is 74.4 Å². The van der Waals surface area contributed by atoms with Crippen molar-refractivity contribution in [3.63, 3.8) is 0 Å². The van der Waals surface area contributed by atoms with Gasteiger partial charge in [-0.05, 0) is 30.7 Å². The lowest BCUT2D eigenvalue weighted by Crippen LogP contribution is -2.08. The molecule has 0 aromatic heterocycles. The maximum atomic E-state index is 12.3. The van der Waals surface area contributed by atoms with Crippen LogP contribution in [-0.4, -0.2) is 16.5 Å². The first-order valence-corrected chi connectivity index (χ1v) is 7.84. The Labute approximate surface area is 148 Å². The molecule has 0 saturated heterocycles. The summed E-state index contributed by atoms with van der Waals surface area (Å²) >= 11 is 6.09. The van der Waals surface area contributed by atoms with Crippen molar-refractivity contribution in [1.29, 1.82) is 0 Å². The molecule has 25 heavy (non-hydrogen) atoms. The number of nitrogens with one attached hydrogen (secondary N) is 1. The highest BCUT2D eigenvalue weighted by atomic mass is 35.5. The van der Waals surface area contributed by atoms with E-state index >= 15 is 0 Å². The number of ketones is 2. The lowest BCUT2D eigenvalue weighted by Gasteiger charge is -2.10. The van der Waals surface area contributed by atoms with Gasteiger partial charge in [-0.3, -0.25) is 19.7 Å². The standard InChI is InChI=1S/C18H13ClN2O4/c1-10-6-7-11(8-13(10)19)20-18-16(23)9-15(22)17(18)12-4-2-3-5-14(12)21(24)25/h2-8,20H,9H2,1H3. The van der Waals surface area contributed by atoms with Gasteiger partial charge in [0.1, 0.15) is 0 Å². The van der Waals surface area contributed by atoms with Crippen LogP contribution in [0.3, 0.4) is 0 Å². The van der Waals surface area contributed by atoms with Crippen LogP contribution in [0.5, 0.6) is 0 Å². The number of nitro benzene ring substituents is 1. The van der Waals surface area contributed by atoms with Gasteiger partial charge in [-0.25, -0.2) is 0 Å². The van der Waals surface area contributed by atoms with Gasteiger partial charge in [-0.15, -0.1) is 0 Å². The van der Waals surface area contributed by atoms with Crippen LogP contribution < -0.4 is 5.32 Å². The van der Waals surface area contributed by atoms with Gasteiger partial charge in [-0.2, -0.15) is 0 Å². The number of rotatable bonds is 4. The van der Waals surface area contributed by atoms with Crippen molar-refractivity contribution in [2.24, 2.45) is 0 Å². The SMILES string of the molecule is Cc1ccc(NC2=C(c3ccccc3[N+](=O)[O-])C(=O)CC2=O)cc1Cl. The van der Waals surface area contributed by atoms with Crippen LogP contribution >= 0.6 is 11.6 Å². The third-order valence-electron chi connectivity index (χ3n) is 3.94. The third kappa shape index (κ3) is 3.16. The van der Waals surface area contributed by atoms with E-state index in [0.717, 1.165) is 5.56 Å². The fraction of sp³-hybridized carbons (Fsp3) is 0.111. The number of Topliss-reactive ketones (excluding diaryl/α,β-unsaturated/α-hetero) is 2. The molecule has 1 aliphatic carbocycles. The number of nitro groups is 1. The predicted octanol–water partition coefficient (Wildman–Crippen LogP) is 3.92. The lowest BCUT2D eigenvalue weighted by atomic mass is 10.0. The van der Waals surface area contributed by atoms with Crippen molar-refractivity contribution in [1.82, 2.24) is 0 Å². The molecule has 7 heteroatoms. The molecule has 2 aromatic carbocycles. The van der Waals surface area contributed by atoms with Gasteiger partial charge in [0.2, 0.25) is 0 Å². The highest BCUT2D eigenvalue weighted by molar-refractivity contribution is 6.39. The largest absolute Gasteiger partial charge is 0.352 e. The molecule has 0 spiro atoms. The second-order valence-corrected chi connectivity index (χ2v) is 6.04. The first-order chi connectivity index (χ1) is 11.9. The van der Waals surface area contributed by atoms with Crippen molar-refractivity contribution in [2.75, 3.05) is 5.32 Å². The number of halogens is 1. The average Bonchev–Trinajstić information content (AvgIpc) is 2.84. The van der Waals surface area contributed by atoms with Crippen molar-refractivity contribution >= 4 is 40.1 Å². The Hall–Kier alpha value is -2.99. The van der Waals surface area contributed by atoms with E-state index in [9.17, 15) is 19.7 Å². The highest BCUT2D eigenvalue weighted by Crippen LogP contribution is 2.35. The zero-order valence-corrected chi connectivity index (χ0v) is 14.0. The molecule has 2 aromatic rings. The second-order valence-electron chi connectivity index (χ2n) is 5.64. The van der Waals surface area contributed by atoms with E-state index in [2.05, 4.69) is 5.32 Å². The molecular formula is C18H13ClN2O4. The third-order valence-corrected chi connectivity index (χ3v) is 4.35. The first kappa shape index (κ1) is 16.9. The van der Waals surface area contributed by atoms with Gasteiger partial charge in [0.05, 0.1) is 28.2 Å². The molecule has 3 rings (SSSR count). The molecule has 0 unspecified atom stereocenters. The molecule has 6 nitrogen and oxygen atoms in total. The number of benzene rings is 2. The molecule has 0 bridgehead atoms. The molecule has 0 fully saturated rings. The zero-order valence-electron chi connectivity index (χ0n) is 13.2. The summed E-state index contributed by atoms with van der Waals surface area (Å²) in [6.45, 7) is 1.84. The first-order valence-electron chi connectivity index (χ1n) is 7.46. The summed E-state index contributed by atoms with van der Waals surface area (Å²) in [6.07, 6.45) is -0.316. The molecule has 0 atom stereocenters. The Balaban J connectivity index is 2.13. The van der Waals surface area contributed by atoms with Crippen LogP contribution in [0.1, 0.15) is 17.5 Å². The van der Waals surface area contributed by atoms with Gasteiger partial charge in [0, 0.05) is 16.8 Å². The van der Waals surface area contributed by atoms with E-state index in [1.807, 2.05) is 6.92 Å². The molecular weight excluding hydrogens is 344 g/mol. The number of allylic oxidation sites excluding steroid dienone is 2. The van der Waals surface area contributed by atoms with Gasteiger partial charge >= 0.3 is 0 Å². The number of carbonyl (C=O) groups is 2. The normalized spacial score (nSPS) is 14.2. The number of carbonyl (C=O) groups excluding carboxylic acids is 2. The average molecular weight is 357 g/mol. The van der Waals surface area contributed by atoms with Gasteiger partial charge in [-0.1, -0.05) is 29.8 Å². The Morgan fingerprint density at radius 3 is 2.52 bits per heavy atom. The van der Waals surface area contributed by atoms with Gasteiger partial charge in [0.15, 0.2) is 11.6 Å². The van der Waals surface area contributed by atoms with Gasteiger partial charge in [0.25, 0.3) is 5.69 Å². The summed E-state index contributed by atoms with van der Waals surface area (Å²) in [5.41, 5.74) is 1.40. The molecule has 0 saturated carbocycles. The van der Waals surface area contributed by atoms with E-state index < -0.39 is 16.5 Å². The highest BCUT2D eigenvalue weighted by Gasteiger charge is 2.35. The molecule has 0 heterocycles. The molecule has 0 radical (unpaired) electrons. The van der Waals surface area contributed by atoms with Crippen LogP contribution in [0, 0.1) is 17.0 Å². The Bertz CT molecular complexity index is 950. The van der Waals surface area contributed by atoms with Gasteiger partial charge < -0.3 is 5.32 Å². The van der Waals surface area contributed by atoms with E-state index in [1.165, 1.54) is 18.2 Å². The number of anilines is 1. The summed E-state index contributed by atoms with van der Waals surface area (Å²) in [7, 11) is 0. The molecule has 1 N–H and O–H groups in total. The minimum absolute atomic E-state index is 0.0361. The quantitative estimate of drug-likeness (QED) is 0.509. The van der Waals surface area contributed by atoms with Crippen LogP contribution in [0.2, 0.25) is 5.02 Å². The second kappa shape index (κ2) is 6.49. The van der Waals surface area contributed by atoms with Crippen molar-refractivity contribution in [3.8, 4) is 0 Å². The number of hydrogen-bond donors (Lipinski definition) is 1. The number of hydrogen-bond acceptors (Lipinski definition) is 5. The number of para-hydroxylation sites is 1. The number of nitrogens with zero attached hydrogens (tertiary/aromatic N) is 1. The Kier molecular flexibility index (Phi) is 4.37. The summed E-state index contributed by atoms with van der Waals surface area (Å²) in [6, 6.07) is 11.0. The van der Waals surface area contributed by atoms with E-state index in [1.54, 1.807) is 24.3 Å². The maximum absolute atomic E-state index is 12.3. The van der Waals surface area contributed by atoms with Crippen LogP contribution in [0.25, 0.3) is 5.57 Å².